The number of carbonyl (C=O) groups is 2. The minimum Gasteiger partial charge on any atom is -0.370 e. The number of hydrogen-bond donors (Lipinski definition) is 2. The Balaban J connectivity index is 1.34. The highest BCUT2D eigenvalue weighted by Gasteiger charge is 2.36. The Bertz CT molecular complexity index is 1400. The maximum atomic E-state index is 13.3. The summed E-state index contributed by atoms with van der Waals surface area (Å²) in [6.07, 6.45) is 2.73. The van der Waals surface area contributed by atoms with Gasteiger partial charge in [0.05, 0.1) is 17.3 Å². The van der Waals surface area contributed by atoms with Crippen LogP contribution < -0.4 is 10.6 Å². The molecular formula is C26H30ClN7O2S2. The van der Waals surface area contributed by atoms with Crippen LogP contribution in [0.2, 0.25) is 5.02 Å². The molecule has 1 saturated carbocycles. The van der Waals surface area contributed by atoms with Crippen LogP contribution >= 0.6 is 35.2 Å². The fourth-order valence-electron chi connectivity index (χ4n) is 5.11. The van der Waals surface area contributed by atoms with Gasteiger partial charge >= 0.3 is 0 Å². The van der Waals surface area contributed by atoms with Gasteiger partial charge in [-0.15, -0.1) is 21.5 Å². The molecule has 200 valence electrons. The van der Waals surface area contributed by atoms with Crippen molar-refractivity contribution in [3.05, 3.63) is 50.6 Å². The van der Waals surface area contributed by atoms with Gasteiger partial charge in [0.2, 0.25) is 5.91 Å². The van der Waals surface area contributed by atoms with E-state index in [9.17, 15) is 9.59 Å². The molecule has 1 aromatic carbocycles. The van der Waals surface area contributed by atoms with Gasteiger partial charge in [-0.05, 0) is 44.5 Å². The van der Waals surface area contributed by atoms with Gasteiger partial charge in [-0.25, -0.2) is 4.98 Å². The van der Waals surface area contributed by atoms with Crippen LogP contribution in [-0.2, 0) is 17.8 Å². The lowest BCUT2D eigenvalue weighted by atomic mass is 9.81. The molecule has 3 aromatic rings. The Labute approximate surface area is 236 Å². The van der Waals surface area contributed by atoms with Gasteiger partial charge < -0.3 is 20.4 Å². The fourth-order valence-corrected chi connectivity index (χ4v) is 6.61. The lowest BCUT2D eigenvalue weighted by Gasteiger charge is -2.37. The Kier molecular flexibility index (Phi) is 7.90. The number of amides is 2. The van der Waals surface area contributed by atoms with Gasteiger partial charge in [-0.1, -0.05) is 29.9 Å². The van der Waals surface area contributed by atoms with Crippen molar-refractivity contribution in [3.63, 3.8) is 0 Å². The number of aromatic nitrogens is 3. The molecule has 2 aliphatic rings. The van der Waals surface area contributed by atoms with Crippen LogP contribution in [0.15, 0.2) is 24.3 Å². The van der Waals surface area contributed by atoms with E-state index >= 15 is 0 Å². The Morgan fingerprint density at radius 1 is 1.16 bits per heavy atom. The Morgan fingerprint density at radius 2 is 1.97 bits per heavy atom. The molecule has 0 saturated heterocycles. The van der Waals surface area contributed by atoms with E-state index in [1.54, 1.807) is 31.1 Å². The van der Waals surface area contributed by atoms with Crippen LogP contribution in [0, 0.1) is 5.92 Å². The molecule has 1 fully saturated rings. The minimum absolute atomic E-state index is 0.0667. The van der Waals surface area contributed by atoms with Gasteiger partial charge in [-0.2, -0.15) is 0 Å². The lowest BCUT2D eigenvalue weighted by Crippen LogP contribution is -2.55. The van der Waals surface area contributed by atoms with Gasteiger partial charge in [-0.3, -0.25) is 9.59 Å². The summed E-state index contributed by atoms with van der Waals surface area (Å²) in [5.41, 5.74) is 2.24. The van der Waals surface area contributed by atoms with Crippen LogP contribution in [-0.4, -0.2) is 81.6 Å². The average Bonchev–Trinajstić information content (AvgIpc) is 3.32. The number of carbonyl (C=O) groups excluding carboxylic acids is 2. The number of thiazole rings is 1. The van der Waals surface area contributed by atoms with E-state index in [1.807, 2.05) is 12.1 Å². The summed E-state index contributed by atoms with van der Waals surface area (Å²) < 4.78 is 0. The number of halogens is 1. The zero-order chi connectivity index (χ0) is 27.0. The molecule has 0 unspecified atom stereocenters. The summed E-state index contributed by atoms with van der Waals surface area (Å²) in [6, 6.07) is 6.84. The van der Waals surface area contributed by atoms with Gasteiger partial charge in [0.25, 0.3) is 5.91 Å². The molecule has 0 radical (unpaired) electrons. The molecule has 3 atom stereocenters. The standard InChI is InChI=1S/C26H30ClN7O2S2/c1-33(2)26(36)15-5-7-17(29-24(37)21-10-14-4-6-16(27)12-19(14)31-32-21)20(11-15)28-23(35)25-30-18-8-9-34(3)13-22(18)38-25/h4,6,10,12,15,17,20H,5,7-9,11,13H2,1-3H3,(H,28,35)(H,29,37)/t15-,17-,20+/m0/s1. The molecule has 2 N–H and O–H groups in total. The quantitative estimate of drug-likeness (QED) is 0.451. The number of nitrogens with zero attached hydrogens (tertiary/aromatic N) is 5. The van der Waals surface area contributed by atoms with Crippen LogP contribution in [0.5, 0.6) is 0 Å². The highest BCUT2D eigenvalue weighted by Crippen LogP contribution is 2.29. The number of thiocarbonyl (C=S) groups is 1. The lowest BCUT2D eigenvalue weighted by molar-refractivity contribution is -0.134. The van der Waals surface area contributed by atoms with Gasteiger partial charge in [0, 0.05) is 60.9 Å². The van der Waals surface area contributed by atoms with Crippen molar-refractivity contribution in [3.8, 4) is 0 Å². The first-order valence-electron chi connectivity index (χ1n) is 12.6. The molecule has 1 aliphatic carbocycles. The molecule has 0 bridgehead atoms. The molecule has 1 aliphatic heterocycles. The first-order chi connectivity index (χ1) is 18.2. The van der Waals surface area contributed by atoms with Gasteiger partial charge in [0.1, 0.15) is 10.7 Å². The number of nitrogens with one attached hydrogen (secondary N) is 2. The number of likely N-dealkylation sites (N-methyl/N-ethyl adjacent to an activating group) is 1. The summed E-state index contributed by atoms with van der Waals surface area (Å²) in [5, 5.41) is 17.1. The number of fused-ring (bicyclic) bond motifs is 2. The van der Waals surface area contributed by atoms with E-state index in [0.29, 0.717) is 45.5 Å². The van der Waals surface area contributed by atoms with Crippen molar-refractivity contribution in [2.24, 2.45) is 5.92 Å². The molecule has 2 amide bonds. The third kappa shape index (κ3) is 5.80. The van der Waals surface area contributed by atoms with E-state index in [0.717, 1.165) is 35.5 Å². The van der Waals surface area contributed by atoms with Crippen LogP contribution in [0.3, 0.4) is 0 Å². The second-order valence-corrected chi connectivity index (χ2v) is 12.1. The normalized spacial score (nSPS) is 21.5. The average molecular weight is 572 g/mol. The highest BCUT2D eigenvalue weighted by molar-refractivity contribution is 7.80. The molecular weight excluding hydrogens is 542 g/mol. The highest BCUT2D eigenvalue weighted by atomic mass is 35.5. The fraction of sp³-hybridized carbons (Fsp3) is 0.462. The van der Waals surface area contributed by atoms with E-state index in [4.69, 9.17) is 23.8 Å². The first-order valence-corrected chi connectivity index (χ1v) is 14.2. The summed E-state index contributed by atoms with van der Waals surface area (Å²) >= 11 is 13.2. The predicted octanol–water partition coefficient (Wildman–Crippen LogP) is 3.05. The van der Waals surface area contributed by atoms with Crippen LogP contribution in [0.4, 0.5) is 0 Å². The van der Waals surface area contributed by atoms with Crippen molar-refractivity contribution < 1.29 is 9.59 Å². The van der Waals surface area contributed by atoms with E-state index in [1.165, 1.54) is 11.3 Å². The van der Waals surface area contributed by atoms with Crippen molar-refractivity contribution in [2.45, 2.75) is 44.3 Å². The van der Waals surface area contributed by atoms with E-state index in [-0.39, 0.29) is 29.8 Å². The van der Waals surface area contributed by atoms with Crippen LogP contribution in [0.1, 0.15) is 45.3 Å². The predicted molar refractivity (Wildman–Crippen MR) is 153 cm³/mol. The number of rotatable bonds is 5. The molecule has 5 rings (SSSR count). The summed E-state index contributed by atoms with van der Waals surface area (Å²) in [4.78, 5) is 36.2. The monoisotopic (exact) mass is 571 g/mol. The minimum atomic E-state index is -0.307. The maximum absolute atomic E-state index is 13.3. The maximum Gasteiger partial charge on any atom is 0.280 e. The van der Waals surface area contributed by atoms with Crippen molar-refractivity contribution >= 4 is 62.9 Å². The number of benzene rings is 1. The Morgan fingerprint density at radius 3 is 2.76 bits per heavy atom. The van der Waals surface area contributed by atoms with E-state index < -0.39 is 0 Å². The molecule has 9 nitrogen and oxygen atoms in total. The second-order valence-electron chi connectivity index (χ2n) is 10.2. The molecule has 3 heterocycles. The molecule has 12 heteroatoms. The molecule has 2 aromatic heterocycles. The third-order valence-electron chi connectivity index (χ3n) is 7.17. The van der Waals surface area contributed by atoms with Crippen molar-refractivity contribution in [1.82, 2.24) is 35.6 Å². The summed E-state index contributed by atoms with van der Waals surface area (Å²) in [7, 11) is 5.59. The Hall–Kier alpha value is -2.73. The molecule has 0 spiro atoms. The second kappa shape index (κ2) is 11.2. The zero-order valence-corrected chi connectivity index (χ0v) is 23.9. The largest absolute Gasteiger partial charge is 0.370 e. The molecule has 38 heavy (non-hydrogen) atoms. The first kappa shape index (κ1) is 26.9. The summed E-state index contributed by atoms with van der Waals surface area (Å²) in [6.45, 7) is 1.74. The topological polar surface area (TPSA) is 103 Å². The zero-order valence-electron chi connectivity index (χ0n) is 21.5. The van der Waals surface area contributed by atoms with Crippen molar-refractivity contribution in [2.75, 3.05) is 27.7 Å². The SMILES string of the molecule is CN1CCc2nc(C(=O)N[C@@H]3C[C@@H](C(=O)N(C)C)CC[C@@H]3NC(=S)c3cc4ccc(Cl)cc4nn3)sc2C1. The number of hydrogen-bond acceptors (Lipinski definition) is 8. The van der Waals surface area contributed by atoms with Crippen LogP contribution in [0.25, 0.3) is 10.9 Å². The van der Waals surface area contributed by atoms with Gasteiger partial charge in [0.15, 0.2) is 5.01 Å². The van der Waals surface area contributed by atoms with Crippen molar-refractivity contribution in [1.29, 1.82) is 0 Å². The summed E-state index contributed by atoms with van der Waals surface area (Å²) in [5.74, 6) is -0.322. The third-order valence-corrected chi connectivity index (χ3v) is 8.82. The smallest absolute Gasteiger partial charge is 0.280 e. The van der Waals surface area contributed by atoms with E-state index in [2.05, 4.69) is 37.8 Å².